The SMILES string of the molecule is CCCOc1cc(C)c(Cl)c(C)c1C(C)CCS. The molecule has 0 amide bonds. The standard InChI is InChI=1S/C15H23ClOS/c1-5-7-17-13-9-11(3)15(16)12(4)14(13)10(2)6-8-18/h9-10,18H,5-8H2,1-4H3. The van der Waals surface area contributed by atoms with E-state index in [0.29, 0.717) is 5.92 Å². The van der Waals surface area contributed by atoms with Crippen LogP contribution in [0, 0.1) is 13.8 Å². The Labute approximate surface area is 121 Å². The number of benzene rings is 1. The van der Waals surface area contributed by atoms with Crippen molar-refractivity contribution >= 4 is 24.2 Å². The van der Waals surface area contributed by atoms with Gasteiger partial charge >= 0.3 is 0 Å². The van der Waals surface area contributed by atoms with Gasteiger partial charge < -0.3 is 4.74 Å². The highest BCUT2D eigenvalue weighted by Crippen LogP contribution is 2.37. The van der Waals surface area contributed by atoms with Crippen LogP contribution in [0.25, 0.3) is 0 Å². The Hall–Kier alpha value is -0.340. The van der Waals surface area contributed by atoms with Crippen molar-refractivity contribution in [2.45, 2.75) is 46.5 Å². The normalized spacial score (nSPS) is 12.6. The van der Waals surface area contributed by atoms with Gasteiger partial charge in [-0.25, -0.2) is 0 Å². The van der Waals surface area contributed by atoms with Crippen molar-refractivity contribution in [3.05, 3.63) is 27.8 Å². The van der Waals surface area contributed by atoms with Crippen LogP contribution in [0.1, 0.15) is 49.3 Å². The Balaban J connectivity index is 3.20. The van der Waals surface area contributed by atoms with Crippen molar-refractivity contribution in [1.29, 1.82) is 0 Å². The van der Waals surface area contributed by atoms with Gasteiger partial charge in [0.25, 0.3) is 0 Å². The maximum absolute atomic E-state index is 6.36. The lowest BCUT2D eigenvalue weighted by atomic mass is 9.92. The molecule has 0 aliphatic rings. The first-order valence-corrected chi connectivity index (χ1v) is 7.57. The Morgan fingerprint density at radius 3 is 2.61 bits per heavy atom. The van der Waals surface area contributed by atoms with Gasteiger partial charge in [-0.1, -0.05) is 25.4 Å². The fraction of sp³-hybridized carbons (Fsp3) is 0.600. The molecule has 3 heteroatoms. The third-order valence-corrected chi connectivity index (χ3v) is 4.05. The zero-order valence-corrected chi connectivity index (χ0v) is 13.4. The summed E-state index contributed by atoms with van der Waals surface area (Å²) in [6.45, 7) is 9.19. The van der Waals surface area contributed by atoms with Crippen molar-refractivity contribution in [1.82, 2.24) is 0 Å². The molecule has 1 aromatic carbocycles. The van der Waals surface area contributed by atoms with Crippen LogP contribution in [0.15, 0.2) is 6.07 Å². The van der Waals surface area contributed by atoms with Crippen LogP contribution < -0.4 is 4.74 Å². The molecule has 0 bridgehead atoms. The molecule has 1 nitrogen and oxygen atoms in total. The van der Waals surface area contributed by atoms with E-state index in [1.807, 2.05) is 6.92 Å². The zero-order chi connectivity index (χ0) is 13.7. The summed E-state index contributed by atoms with van der Waals surface area (Å²) in [4.78, 5) is 0. The van der Waals surface area contributed by atoms with Crippen molar-refractivity contribution in [2.75, 3.05) is 12.4 Å². The number of ether oxygens (including phenoxy) is 1. The Kier molecular flexibility index (Phi) is 6.37. The second-order valence-corrected chi connectivity index (χ2v) is 5.63. The molecular weight excluding hydrogens is 264 g/mol. The average molecular weight is 287 g/mol. The lowest BCUT2D eigenvalue weighted by molar-refractivity contribution is 0.312. The second-order valence-electron chi connectivity index (χ2n) is 4.81. The molecule has 0 spiro atoms. The van der Waals surface area contributed by atoms with Crippen molar-refractivity contribution in [3.8, 4) is 5.75 Å². The highest BCUT2D eigenvalue weighted by Gasteiger charge is 2.18. The van der Waals surface area contributed by atoms with Crippen LogP contribution in [-0.2, 0) is 0 Å². The quantitative estimate of drug-likeness (QED) is 0.710. The van der Waals surface area contributed by atoms with E-state index < -0.39 is 0 Å². The van der Waals surface area contributed by atoms with Gasteiger partial charge in [-0.2, -0.15) is 12.6 Å². The molecule has 0 radical (unpaired) electrons. The number of hydrogen-bond donors (Lipinski definition) is 1. The molecule has 0 saturated heterocycles. The lowest BCUT2D eigenvalue weighted by Crippen LogP contribution is -2.06. The summed E-state index contributed by atoms with van der Waals surface area (Å²) in [7, 11) is 0. The van der Waals surface area contributed by atoms with Gasteiger partial charge in [0.2, 0.25) is 0 Å². The number of hydrogen-bond acceptors (Lipinski definition) is 2. The van der Waals surface area contributed by atoms with Gasteiger partial charge in [-0.15, -0.1) is 0 Å². The third kappa shape index (κ3) is 3.58. The molecule has 1 rings (SSSR count). The predicted octanol–water partition coefficient (Wildman–Crippen LogP) is 5.17. The number of rotatable bonds is 6. The Morgan fingerprint density at radius 1 is 1.39 bits per heavy atom. The number of thiol groups is 1. The van der Waals surface area contributed by atoms with E-state index in [1.54, 1.807) is 0 Å². The summed E-state index contributed by atoms with van der Waals surface area (Å²) in [5, 5.41) is 0.861. The maximum Gasteiger partial charge on any atom is 0.123 e. The van der Waals surface area contributed by atoms with E-state index in [-0.39, 0.29) is 0 Å². The van der Waals surface area contributed by atoms with Gasteiger partial charge in [0.05, 0.1) is 6.61 Å². The lowest BCUT2D eigenvalue weighted by Gasteiger charge is -2.21. The van der Waals surface area contributed by atoms with Crippen LogP contribution in [0.3, 0.4) is 0 Å². The fourth-order valence-electron chi connectivity index (χ4n) is 2.22. The zero-order valence-electron chi connectivity index (χ0n) is 11.7. The molecule has 0 N–H and O–H groups in total. The third-order valence-electron chi connectivity index (χ3n) is 3.21. The topological polar surface area (TPSA) is 9.23 Å². The van der Waals surface area contributed by atoms with E-state index in [1.165, 1.54) is 5.56 Å². The molecule has 0 aromatic heterocycles. The van der Waals surface area contributed by atoms with Crippen LogP contribution >= 0.6 is 24.2 Å². The van der Waals surface area contributed by atoms with E-state index >= 15 is 0 Å². The molecule has 1 unspecified atom stereocenters. The molecule has 0 heterocycles. The molecule has 18 heavy (non-hydrogen) atoms. The van der Waals surface area contributed by atoms with E-state index in [9.17, 15) is 0 Å². The first-order valence-electron chi connectivity index (χ1n) is 6.56. The first kappa shape index (κ1) is 15.7. The minimum Gasteiger partial charge on any atom is -0.493 e. The molecule has 0 aliphatic carbocycles. The van der Waals surface area contributed by atoms with E-state index in [0.717, 1.165) is 47.1 Å². The predicted molar refractivity (Wildman–Crippen MR) is 83.6 cm³/mol. The van der Waals surface area contributed by atoms with Gasteiger partial charge in [0, 0.05) is 10.6 Å². The van der Waals surface area contributed by atoms with Crippen molar-refractivity contribution in [3.63, 3.8) is 0 Å². The Bertz CT molecular complexity index is 404. The first-order chi connectivity index (χ1) is 8.52. The minimum atomic E-state index is 0.424. The van der Waals surface area contributed by atoms with Gasteiger partial charge in [0.15, 0.2) is 0 Å². The summed E-state index contributed by atoms with van der Waals surface area (Å²) in [6.07, 6.45) is 2.05. The smallest absolute Gasteiger partial charge is 0.123 e. The number of aryl methyl sites for hydroxylation is 1. The van der Waals surface area contributed by atoms with Crippen LogP contribution in [-0.4, -0.2) is 12.4 Å². The Morgan fingerprint density at radius 2 is 2.06 bits per heavy atom. The van der Waals surface area contributed by atoms with Gasteiger partial charge in [0.1, 0.15) is 5.75 Å². The summed E-state index contributed by atoms with van der Waals surface area (Å²) in [5.74, 6) is 2.29. The van der Waals surface area contributed by atoms with Gasteiger partial charge in [-0.3, -0.25) is 0 Å². The molecule has 0 fully saturated rings. The molecule has 1 aromatic rings. The van der Waals surface area contributed by atoms with Crippen LogP contribution in [0.5, 0.6) is 5.75 Å². The highest BCUT2D eigenvalue weighted by molar-refractivity contribution is 7.80. The average Bonchev–Trinajstić information content (AvgIpc) is 2.33. The maximum atomic E-state index is 6.36. The minimum absolute atomic E-state index is 0.424. The monoisotopic (exact) mass is 286 g/mol. The van der Waals surface area contributed by atoms with Crippen molar-refractivity contribution in [2.24, 2.45) is 0 Å². The second kappa shape index (κ2) is 7.30. The van der Waals surface area contributed by atoms with Gasteiger partial charge in [-0.05, 0) is 55.6 Å². The van der Waals surface area contributed by atoms with E-state index in [2.05, 4.69) is 39.5 Å². The molecule has 0 aliphatic heterocycles. The summed E-state index contributed by atoms with van der Waals surface area (Å²) in [5.41, 5.74) is 3.48. The fourth-order valence-corrected chi connectivity index (χ4v) is 2.76. The highest BCUT2D eigenvalue weighted by atomic mass is 35.5. The number of halogens is 1. The van der Waals surface area contributed by atoms with E-state index in [4.69, 9.17) is 16.3 Å². The van der Waals surface area contributed by atoms with Crippen LogP contribution in [0.2, 0.25) is 5.02 Å². The van der Waals surface area contributed by atoms with Crippen LogP contribution in [0.4, 0.5) is 0 Å². The largest absolute Gasteiger partial charge is 0.493 e. The summed E-state index contributed by atoms with van der Waals surface area (Å²) >= 11 is 10.7. The van der Waals surface area contributed by atoms with Crippen molar-refractivity contribution < 1.29 is 4.74 Å². The molecule has 0 saturated carbocycles. The molecular formula is C15H23ClOS. The summed E-state index contributed by atoms with van der Waals surface area (Å²) < 4.78 is 5.89. The molecule has 102 valence electrons. The molecule has 1 atom stereocenters. The summed E-state index contributed by atoms with van der Waals surface area (Å²) in [6, 6.07) is 2.06.